The molecule has 0 saturated heterocycles. The zero-order chi connectivity index (χ0) is 17.8. The zero-order valence-electron chi connectivity index (χ0n) is 15.2. The Morgan fingerprint density at radius 3 is 1.83 bits per heavy atom. The molecule has 1 rings (SSSR count). The lowest BCUT2D eigenvalue weighted by Gasteiger charge is -2.37. The van der Waals surface area contributed by atoms with Crippen molar-refractivity contribution in [1.82, 2.24) is 0 Å². The normalized spacial score (nSPS) is 16.0. The average molecular weight is 409 g/mol. The lowest BCUT2D eigenvalue weighted by atomic mass is 10.1. The summed E-state index contributed by atoms with van der Waals surface area (Å²) < 4.78 is 12.4. The van der Waals surface area contributed by atoms with Crippen LogP contribution in [0, 0.1) is 0 Å². The standard InChI is InChI=1S/C16H29Cl2O2Si3/c1-13(21(16(17)18)20-23(5,6)7)15(19-22(2,3)4)14-11-9-8-10-12-14/h8-13,15-16H,1-7H3. The van der Waals surface area contributed by atoms with Crippen molar-refractivity contribution in [3.63, 3.8) is 0 Å². The van der Waals surface area contributed by atoms with Gasteiger partial charge in [-0.25, -0.2) is 0 Å². The fourth-order valence-corrected chi connectivity index (χ4v) is 10.4. The van der Waals surface area contributed by atoms with Gasteiger partial charge in [0.05, 0.1) is 6.10 Å². The van der Waals surface area contributed by atoms with E-state index in [9.17, 15) is 0 Å². The van der Waals surface area contributed by atoms with E-state index in [4.69, 9.17) is 31.7 Å². The Labute approximate surface area is 155 Å². The summed E-state index contributed by atoms with van der Waals surface area (Å²) in [6, 6.07) is 10.4. The quantitative estimate of drug-likeness (QED) is 0.379. The molecule has 1 aromatic rings. The van der Waals surface area contributed by atoms with Gasteiger partial charge in [-0.05, 0) is 44.8 Å². The van der Waals surface area contributed by atoms with Crippen LogP contribution in [-0.2, 0) is 8.54 Å². The fourth-order valence-electron chi connectivity index (χ4n) is 2.32. The highest BCUT2D eigenvalue weighted by Crippen LogP contribution is 2.38. The molecule has 0 aliphatic rings. The molecule has 0 heterocycles. The third kappa shape index (κ3) is 7.86. The molecule has 0 N–H and O–H groups in total. The maximum Gasteiger partial charge on any atom is 0.240 e. The first-order chi connectivity index (χ1) is 10.4. The van der Waals surface area contributed by atoms with Gasteiger partial charge in [0.15, 0.2) is 16.6 Å². The van der Waals surface area contributed by atoms with Gasteiger partial charge in [0, 0.05) is 5.54 Å². The van der Waals surface area contributed by atoms with Crippen LogP contribution < -0.4 is 0 Å². The van der Waals surface area contributed by atoms with Gasteiger partial charge >= 0.3 is 0 Å². The summed E-state index contributed by atoms with van der Waals surface area (Å²) in [5.41, 5.74) is 1.35. The van der Waals surface area contributed by atoms with Crippen molar-refractivity contribution in [2.24, 2.45) is 0 Å². The molecule has 0 saturated carbocycles. The van der Waals surface area contributed by atoms with Crippen LogP contribution in [0.1, 0.15) is 18.6 Å². The van der Waals surface area contributed by atoms with Crippen molar-refractivity contribution in [2.75, 3.05) is 0 Å². The average Bonchev–Trinajstić information content (AvgIpc) is 2.40. The van der Waals surface area contributed by atoms with E-state index in [0.29, 0.717) is 0 Å². The summed E-state index contributed by atoms with van der Waals surface area (Å²) >= 11 is 12.6. The molecule has 0 amide bonds. The maximum atomic E-state index is 6.51. The Morgan fingerprint density at radius 2 is 1.43 bits per heavy atom. The largest absolute Gasteiger partial charge is 0.454 e. The van der Waals surface area contributed by atoms with Gasteiger partial charge in [-0.1, -0.05) is 37.3 Å². The van der Waals surface area contributed by atoms with Crippen LogP contribution in [-0.4, -0.2) is 30.1 Å². The van der Waals surface area contributed by atoms with Crippen molar-refractivity contribution in [2.45, 2.75) is 62.3 Å². The van der Waals surface area contributed by atoms with Crippen molar-refractivity contribution in [1.29, 1.82) is 0 Å². The Hall–Kier alpha value is 0.371. The molecule has 0 aromatic heterocycles. The molecule has 2 unspecified atom stereocenters. The first kappa shape index (κ1) is 21.4. The minimum atomic E-state index is -1.72. The predicted octanol–water partition coefficient (Wildman–Crippen LogP) is 6.16. The van der Waals surface area contributed by atoms with E-state index in [-0.39, 0.29) is 11.6 Å². The second-order valence-electron chi connectivity index (χ2n) is 7.77. The van der Waals surface area contributed by atoms with Gasteiger partial charge in [0.25, 0.3) is 0 Å². The van der Waals surface area contributed by atoms with Crippen LogP contribution in [0.4, 0.5) is 0 Å². The molecule has 0 fully saturated rings. The van der Waals surface area contributed by atoms with E-state index >= 15 is 0 Å². The minimum Gasteiger partial charge on any atom is -0.454 e. The van der Waals surface area contributed by atoms with Crippen molar-refractivity contribution in [3.05, 3.63) is 35.9 Å². The zero-order valence-corrected chi connectivity index (χ0v) is 19.7. The molecular formula is C16H29Cl2O2Si3. The summed E-state index contributed by atoms with van der Waals surface area (Å²) in [5.74, 6) is 0. The monoisotopic (exact) mass is 407 g/mol. The summed E-state index contributed by atoms with van der Waals surface area (Å²) in [5, 5.41) is 0. The van der Waals surface area contributed by atoms with Crippen LogP contribution in [0.15, 0.2) is 30.3 Å². The fraction of sp³-hybridized carbons (Fsp3) is 0.625. The maximum absolute atomic E-state index is 6.51. The number of rotatable bonds is 8. The second kappa shape index (κ2) is 8.65. The number of hydrogen-bond donors (Lipinski definition) is 0. The third-order valence-corrected chi connectivity index (χ3v) is 10.4. The van der Waals surface area contributed by atoms with Gasteiger partial charge in [0.1, 0.15) is 4.46 Å². The molecule has 1 aromatic carbocycles. The first-order valence-electron chi connectivity index (χ1n) is 7.97. The molecule has 1 radical (unpaired) electrons. The molecule has 0 aliphatic carbocycles. The first-order valence-corrected chi connectivity index (χ1v) is 17.2. The number of halogens is 2. The van der Waals surface area contributed by atoms with Crippen molar-refractivity contribution < 1.29 is 8.54 Å². The molecule has 23 heavy (non-hydrogen) atoms. The summed E-state index contributed by atoms with van der Waals surface area (Å²) in [7, 11) is -4.86. The molecule has 0 aliphatic heterocycles. The topological polar surface area (TPSA) is 18.5 Å². The Kier molecular flexibility index (Phi) is 8.05. The number of hydrogen-bond acceptors (Lipinski definition) is 2. The van der Waals surface area contributed by atoms with Crippen LogP contribution >= 0.6 is 23.2 Å². The second-order valence-corrected chi connectivity index (χ2v) is 21.4. The van der Waals surface area contributed by atoms with E-state index < -0.39 is 30.1 Å². The highest BCUT2D eigenvalue weighted by molar-refractivity contribution is 6.85. The number of benzene rings is 1. The number of alkyl halides is 2. The third-order valence-electron chi connectivity index (χ3n) is 3.15. The van der Waals surface area contributed by atoms with E-state index in [1.54, 1.807) is 0 Å². The molecule has 7 heteroatoms. The van der Waals surface area contributed by atoms with Crippen molar-refractivity contribution >= 4 is 48.9 Å². The lowest BCUT2D eigenvalue weighted by Crippen LogP contribution is -2.44. The van der Waals surface area contributed by atoms with E-state index in [2.05, 4.69) is 58.3 Å². The minimum absolute atomic E-state index is 0.0203. The molecular weight excluding hydrogens is 379 g/mol. The highest BCUT2D eigenvalue weighted by Gasteiger charge is 2.39. The predicted molar refractivity (Wildman–Crippen MR) is 109 cm³/mol. The van der Waals surface area contributed by atoms with E-state index in [1.165, 1.54) is 5.56 Å². The summed E-state index contributed by atoms with van der Waals surface area (Å²) in [6.45, 7) is 15.3. The Bertz CT molecular complexity index is 472. The molecule has 2 nitrogen and oxygen atoms in total. The molecule has 0 bridgehead atoms. The van der Waals surface area contributed by atoms with E-state index in [1.807, 2.05) is 18.2 Å². The van der Waals surface area contributed by atoms with Gasteiger partial charge < -0.3 is 8.54 Å². The van der Waals surface area contributed by atoms with Crippen LogP contribution in [0.2, 0.25) is 44.8 Å². The molecule has 131 valence electrons. The molecule has 2 atom stereocenters. The van der Waals surface area contributed by atoms with Crippen molar-refractivity contribution in [3.8, 4) is 0 Å². The van der Waals surface area contributed by atoms with Gasteiger partial charge in [-0.3, -0.25) is 0 Å². The summed E-state index contributed by atoms with van der Waals surface area (Å²) in [4.78, 5) is 0. The van der Waals surface area contributed by atoms with Crippen LogP contribution in [0.5, 0.6) is 0 Å². The van der Waals surface area contributed by atoms with E-state index in [0.717, 1.165) is 0 Å². The van der Waals surface area contributed by atoms with Gasteiger partial charge in [-0.15, -0.1) is 23.2 Å². The van der Waals surface area contributed by atoms with Crippen LogP contribution in [0.3, 0.4) is 0 Å². The summed E-state index contributed by atoms with van der Waals surface area (Å²) in [6.07, 6.45) is -0.0203. The van der Waals surface area contributed by atoms with Gasteiger partial charge in [0.2, 0.25) is 9.04 Å². The smallest absolute Gasteiger partial charge is 0.240 e. The lowest BCUT2D eigenvalue weighted by molar-refractivity contribution is 0.187. The highest BCUT2D eigenvalue weighted by atomic mass is 35.5. The van der Waals surface area contributed by atoms with Gasteiger partial charge in [-0.2, -0.15) is 0 Å². The molecule has 0 spiro atoms. The Balaban J connectivity index is 3.12. The van der Waals surface area contributed by atoms with Crippen LogP contribution in [0.25, 0.3) is 0 Å². The SMILES string of the molecule is CC(C(O[Si](C)(C)C)c1ccccc1)[Si](O[Si](C)(C)C)C(Cl)Cl. The Morgan fingerprint density at radius 1 is 0.913 bits per heavy atom.